The van der Waals surface area contributed by atoms with E-state index in [9.17, 15) is 13.5 Å². The van der Waals surface area contributed by atoms with Crippen molar-refractivity contribution in [2.45, 2.75) is 61.9 Å². The number of hydrogen-bond acceptors (Lipinski definition) is 7. The lowest BCUT2D eigenvalue weighted by Gasteiger charge is -2.30. The molecule has 1 fully saturated rings. The Labute approximate surface area is 219 Å². The first-order valence-electron chi connectivity index (χ1n) is 12.5. The Balaban J connectivity index is 1.69. The fourth-order valence-corrected chi connectivity index (χ4v) is 7.97. The third kappa shape index (κ3) is 4.44. The number of ether oxygens (including phenoxy) is 2. The maximum Gasteiger partial charge on any atom is 0.269 e. The van der Waals surface area contributed by atoms with Crippen LogP contribution in [0.3, 0.4) is 0 Å². The third-order valence-corrected chi connectivity index (χ3v) is 11.0. The molecule has 0 bridgehead atoms. The Hall–Kier alpha value is -2.82. The monoisotopic (exact) mass is 542 g/mol. The lowest BCUT2D eigenvalue weighted by atomic mass is 9.77. The highest BCUT2D eigenvalue weighted by atomic mass is 32.2. The Morgan fingerprint density at radius 1 is 1.14 bits per heavy atom. The summed E-state index contributed by atoms with van der Waals surface area (Å²) in [6.45, 7) is 6.85. The molecule has 0 atom stereocenters. The van der Waals surface area contributed by atoms with Crippen LogP contribution in [0.25, 0.3) is 11.3 Å². The van der Waals surface area contributed by atoms with E-state index in [2.05, 4.69) is 24.8 Å². The van der Waals surface area contributed by atoms with Gasteiger partial charge in [0.1, 0.15) is 16.4 Å². The van der Waals surface area contributed by atoms with Crippen LogP contribution < -0.4 is 13.8 Å². The van der Waals surface area contributed by atoms with Gasteiger partial charge in [0.15, 0.2) is 11.6 Å². The van der Waals surface area contributed by atoms with Crippen LogP contribution in [0.5, 0.6) is 11.5 Å². The predicted molar refractivity (Wildman–Crippen MR) is 145 cm³/mol. The van der Waals surface area contributed by atoms with Crippen LogP contribution in [-0.4, -0.2) is 47.5 Å². The molecule has 2 aromatic carbocycles. The number of hydrogen-bond donors (Lipinski definition) is 1. The molecule has 0 radical (unpaired) electrons. The van der Waals surface area contributed by atoms with Crippen molar-refractivity contribution >= 4 is 23.9 Å². The van der Waals surface area contributed by atoms with Crippen molar-refractivity contribution < 1.29 is 27.5 Å². The van der Waals surface area contributed by atoms with E-state index in [1.807, 2.05) is 12.1 Å². The molecule has 1 heterocycles. The molecule has 1 spiro atoms. The van der Waals surface area contributed by atoms with Gasteiger partial charge < -0.3 is 19.1 Å². The maximum atomic E-state index is 14.2. The highest BCUT2D eigenvalue weighted by Gasteiger charge is 2.52. The summed E-state index contributed by atoms with van der Waals surface area (Å²) in [6, 6.07) is 11.2. The predicted octanol–water partition coefficient (Wildman–Crippen LogP) is 4.97. The fourth-order valence-electron chi connectivity index (χ4n) is 5.32. The van der Waals surface area contributed by atoms with Gasteiger partial charge in [-0.3, -0.25) is 0 Å². The van der Waals surface area contributed by atoms with Crippen molar-refractivity contribution in [3.8, 4) is 22.8 Å². The van der Waals surface area contributed by atoms with Crippen LogP contribution in [0.1, 0.15) is 29.5 Å². The van der Waals surface area contributed by atoms with Gasteiger partial charge in [0.2, 0.25) is 0 Å². The minimum atomic E-state index is -4.00. The molecule has 2 aliphatic carbocycles. The van der Waals surface area contributed by atoms with Gasteiger partial charge in [0, 0.05) is 31.2 Å². The van der Waals surface area contributed by atoms with E-state index in [0.29, 0.717) is 36.0 Å². The summed E-state index contributed by atoms with van der Waals surface area (Å²) < 4.78 is 46.6. The second-order valence-corrected chi connectivity index (χ2v) is 18.6. The van der Waals surface area contributed by atoms with Crippen molar-refractivity contribution in [3.63, 3.8) is 0 Å². The molecule has 10 heteroatoms. The zero-order valence-corrected chi connectivity index (χ0v) is 23.8. The van der Waals surface area contributed by atoms with Crippen molar-refractivity contribution in [1.29, 1.82) is 0 Å². The minimum Gasteiger partial charge on any atom is -0.497 e. The van der Waals surface area contributed by atoms with Crippen LogP contribution in [-0.2, 0) is 28.5 Å². The molecule has 2 aliphatic rings. The van der Waals surface area contributed by atoms with Crippen molar-refractivity contribution in [3.05, 3.63) is 53.1 Å². The lowest BCUT2D eigenvalue weighted by molar-refractivity contribution is 0.278. The van der Waals surface area contributed by atoms with E-state index < -0.39 is 18.1 Å². The van der Waals surface area contributed by atoms with E-state index >= 15 is 0 Å². The quantitative estimate of drug-likeness (QED) is 0.381. The molecule has 1 saturated carbocycles. The van der Waals surface area contributed by atoms with Gasteiger partial charge in [0.05, 0.1) is 20.8 Å². The molecular formula is C27H34N2O6SSi. The van der Waals surface area contributed by atoms with Gasteiger partial charge in [-0.05, 0) is 60.7 Å². The number of aromatic nitrogens is 1. The van der Waals surface area contributed by atoms with Gasteiger partial charge in [-0.1, -0.05) is 36.9 Å². The average Bonchev–Trinajstić information content (AvgIpc) is 3.52. The summed E-state index contributed by atoms with van der Waals surface area (Å²) >= 11 is 0. The largest absolute Gasteiger partial charge is 0.497 e. The van der Waals surface area contributed by atoms with Gasteiger partial charge in [0.25, 0.3) is 10.0 Å². The van der Waals surface area contributed by atoms with E-state index in [4.69, 9.17) is 14.0 Å². The van der Waals surface area contributed by atoms with Crippen LogP contribution in [0.4, 0.5) is 5.82 Å². The molecule has 0 saturated heterocycles. The summed E-state index contributed by atoms with van der Waals surface area (Å²) in [5.41, 5.74) is 3.32. The number of fused-ring (bicyclic) bond motifs is 4. The molecule has 5 rings (SSSR count). The van der Waals surface area contributed by atoms with Crippen molar-refractivity contribution in [2.24, 2.45) is 0 Å². The third-order valence-electron chi connectivity index (χ3n) is 7.45. The molecule has 0 unspecified atom stereocenters. The molecule has 1 aromatic heterocycles. The number of aliphatic hydroxyl groups is 1. The summed E-state index contributed by atoms with van der Waals surface area (Å²) in [4.78, 5) is 0.103. The highest BCUT2D eigenvalue weighted by Crippen LogP contribution is 2.60. The van der Waals surface area contributed by atoms with E-state index in [-0.39, 0.29) is 16.9 Å². The average molecular weight is 543 g/mol. The van der Waals surface area contributed by atoms with E-state index in [0.717, 1.165) is 41.1 Å². The number of sulfonamides is 1. The van der Waals surface area contributed by atoms with E-state index in [1.54, 1.807) is 31.4 Å². The Kier molecular flexibility index (Phi) is 6.40. The van der Waals surface area contributed by atoms with Crippen molar-refractivity contribution in [2.75, 3.05) is 25.1 Å². The first kappa shape index (κ1) is 25.8. The summed E-state index contributed by atoms with van der Waals surface area (Å²) in [5, 5.41) is 14.5. The number of nitrogens with zero attached hydrogens (tertiary/aromatic N) is 2. The van der Waals surface area contributed by atoms with Crippen LogP contribution in [0.2, 0.25) is 25.7 Å². The molecule has 1 N–H and O–H groups in total. The molecule has 198 valence electrons. The second-order valence-electron chi connectivity index (χ2n) is 11.2. The van der Waals surface area contributed by atoms with Gasteiger partial charge >= 0.3 is 0 Å². The standard InChI is InChI=1S/C27H34N2O6SSi/c1-33-19-14-18(17-30)24-20(15-19)25-21(16-27(24)10-11-27)26(28-35-25)29(12-13-37(3,4)5)36(31,32)23-9-7-6-8-22(23)34-2/h6-9,14-15,30H,10-13,16-17H2,1-5H3. The van der Waals surface area contributed by atoms with Crippen molar-refractivity contribution in [1.82, 2.24) is 5.16 Å². The topological polar surface area (TPSA) is 102 Å². The van der Waals surface area contributed by atoms with Gasteiger partial charge in [-0.15, -0.1) is 0 Å². The molecule has 0 aliphatic heterocycles. The summed E-state index contributed by atoms with van der Waals surface area (Å²) in [6.07, 6.45) is 2.52. The fraction of sp³-hybridized carbons (Fsp3) is 0.444. The Morgan fingerprint density at radius 3 is 2.49 bits per heavy atom. The number of rotatable bonds is 9. The second kappa shape index (κ2) is 9.18. The number of anilines is 1. The molecule has 0 amide bonds. The van der Waals surface area contributed by atoms with Gasteiger partial charge in [-0.2, -0.15) is 0 Å². The molecule has 8 nitrogen and oxygen atoms in total. The summed E-state index contributed by atoms with van der Waals surface area (Å²) in [5.74, 6) is 1.79. The number of aliphatic hydroxyl groups excluding tert-OH is 1. The molecule has 37 heavy (non-hydrogen) atoms. The zero-order chi connectivity index (χ0) is 26.6. The molecule has 3 aromatic rings. The normalized spacial score (nSPS) is 15.7. The Bertz CT molecular complexity index is 1440. The van der Waals surface area contributed by atoms with Crippen LogP contribution >= 0.6 is 0 Å². The smallest absolute Gasteiger partial charge is 0.269 e. The number of para-hydroxylation sites is 1. The number of benzene rings is 2. The minimum absolute atomic E-state index is 0.103. The first-order chi connectivity index (χ1) is 17.5. The SMILES string of the molecule is COc1cc(CO)c2c(c1)-c1onc(N(CC[Si](C)(C)C)S(=O)(=O)c3ccccc3OC)c1CC21CC1. The highest BCUT2D eigenvalue weighted by molar-refractivity contribution is 7.93. The molecular weight excluding hydrogens is 508 g/mol. The maximum absolute atomic E-state index is 14.2. The van der Waals surface area contributed by atoms with Gasteiger partial charge in [-0.25, -0.2) is 12.7 Å². The summed E-state index contributed by atoms with van der Waals surface area (Å²) in [7, 11) is -2.55. The lowest BCUT2D eigenvalue weighted by Crippen LogP contribution is -2.37. The van der Waals surface area contributed by atoms with E-state index in [1.165, 1.54) is 11.4 Å². The van der Waals surface area contributed by atoms with Crippen LogP contribution in [0.15, 0.2) is 45.8 Å². The Morgan fingerprint density at radius 2 is 1.86 bits per heavy atom. The zero-order valence-electron chi connectivity index (χ0n) is 22.0. The number of methoxy groups -OCH3 is 2. The first-order valence-corrected chi connectivity index (χ1v) is 17.7. The van der Waals surface area contributed by atoms with Crippen LogP contribution in [0, 0.1) is 0 Å².